The molecule has 0 aliphatic carbocycles. The molecule has 0 radical (unpaired) electrons. The summed E-state index contributed by atoms with van der Waals surface area (Å²) in [7, 11) is 2.04. The van der Waals surface area contributed by atoms with Gasteiger partial charge in [0.05, 0.1) is 0 Å². The van der Waals surface area contributed by atoms with Crippen molar-refractivity contribution in [3.63, 3.8) is 0 Å². The van der Waals surface area contributed by atoms with E-state index in [2.05, 4.69) is 64.9 Å². The fourth-order valence-corrected chi connectivity index (χ4v) is 2.86. The fourth-order valence-electron chi connectivity index (χ4n) is 2.86. The molecule has 3 rings (SSSR count). The second-order valence-corrected chi connectivity index (χ2v) is 5.31. The summed E-state index contributed by atoms with van der Waals surface area (Å²) in [4.78, 5) is 4.21. The molecule has 0 spiro atoms. The zero-order chi connectivity index (χ0) is 14.5. The first kappa shape index (κ1) is 13.8. The molecule has 3 aromatic rings. The molecule has 0 saturated heterocycles. The fraction of sp³-hybridized carbons (Fsp3) is 0.211. The highest BCUT2D eigenvalue weighted by molar-refractivity contribution is 5.85. The summed E-state index contributed by atoms with van der Waals surface area (Å²) in [5.74, 6) is 0. The van der Waals surface area contributed by atoms with E-state index >= 15 is 0 Å². The third-order valence-electron chi connectivity index (χ3n) is 4.00. The van der Waals surface area contributed by atoms with Crippen molar-refractivity contribution in [3.8, 4) is 0 Å². The molecule has 1 N–H and O–H groups in total. The number of fused-ring (bicyclic) bond motifs is 1. The second-order valence-electron chi connectivity index (χ2n) is 5.31. The Morgan fingerprint density at radius 1 is 1.00 bits per heavy atom. The minimum atomic E-state index is 0.358. The average molecular weight is 276 g/mol. The van der Waals surface area contributed by atoms with E-state index in [0.29, 0.717) is 6.04 Å². The SMILES string of the molecule is CNC(CCc1ccccc1)c1cccc2cnccc12. The number of hydrogen-bond donors (Lipinski definition) is 1. The van der Waals surface area contributed by atoms with Crippen molar-refractivity contribution in [1.29, 1.82) is 0 Å². The Kier molecular flexibility index (Phi) is 4.27. The van der Waals surface area contributed by atoms with Crippen LogP contribution in [0.5, 0.6) is 0 Å². The van der Waals surface area contributed by atoms with Crippen molar-refractivity contribution in [2.24, 2.45) is 0 Å². The van der Waals surface area contributed by atoms with Gasteiger partial charge in [0.2, 0.25) is 0 Å². The van der Waals surface area contributed by atoms with Gasteiger partial charge < -0.3 is 5.32 Å². The molecule has 106 valence electrons. The topological polar surface area (TPSA) is 24.9 Å². The van der Waals surface area contributed by atoms with Crippen LogP contribution in [0, 0.1) is 0 Å². The largest absolute Gasteiger partial charge is 0.313 e. The third-order valence-corrected chi connectivity index (χ3v) is 4.00. The van der Waals surface area contributed by atoms with Crippen molar-refractivity contribution in [2.75, 3.05) is 7.05 Å². The minimum Gasteiger partial charge on any atom is -0.313 e. The number of aromatic nitrogens is 1. The molecule has 1 heterocycles. The lowest BCUT2D eigenvalue weighted by molar-refractivity contribution is 0.553. The Morgan fingerprint density at radius 2 is 1.86 bits per heavy atom. The predicted molar refractivity (Wildman–Crippen MR) is 88.3 cm³/mol. The third kappa shape index (κ3) is 3.11. The van der Waals surface area contributed by atoms with Crippen LogP contribution in [0.15, 0.2) is 67.0 Å². The van der Waals surface area contributed by atoms with Gasteiger partial charge in [-0.2, -0.15) is 0 Å². The van der Waals surface area contributed by atoms with Gasteiger partial charge in [-0.25, -0.2) is 0 Å². The monoisotopic (exact) mass is 276 g/mol. The van der Waals surface area contributed by atoms with Crippen molar-refractivity contribution in [1.82, 2.24) is 10.3 Å². The van der Waals surface area contributed by atoms with Gasteiger partial charge in [0.15, 0.2) is 0 Å². The predicted octanol–water partition coefficient (Wildman–Crippen LogP) is 4.13. The van der Waals surface area contributed by atoms with Gasteiger partial charge in [-0.15, -0.1) is 0 Å². The number of nitrogens with zero attached hydrogens (tertiary/aromatic N) is 1. The average Bonchev–Trinajstić information content (AvgIpc) is 2.56. The zero-order valence-electron chi connectivity index (χ0n) is 12.3. The first-order valence-corrected chi connectivity index (χ1v) is 7.42. The Morgan fingerprint density at radius 3 is 2.67 bits per heavy atom. The van der Waals surface area contributed by atoms with Crippen LogP contribution < -0.4 is 5.32 Å². The molecule has 2 nitrogen and oxygen atoms in total. The van der Waals surface area contributed by atoms with Crippen molar-refractivity contribution >= 4 is 10.8 Å². The number of benzene rings is 2. The van der Waals surface area contributed by atoms with E-state index in [0.717, 1.165) is 12.8 Å². The molecular weight excluding hydrogens is 256 g/mol. The van der Waals surface area contributed by atoms with Gasteiger partial charge in [0, 0.05) is 23.8 Å². The van der Waals surface area contributed by atoms with E-state index in [4.69, 9.17) is 0 Å². The summed E-state index contributed by atoms with van der Waals surface area (Å²) >= 11 is 0. The van der Waals surface area contributed by atoms with E-state index in [-0.39, 0.29) is 0 Å². The lowest BCUT2D eigenvalue weighted by atomic mass is 9.95. The normalized spacial score (nSPS) is 12.4. The highest BCUT2D eigenvalue weighted by Gasteiger charge is 2.12. The molecule has 0 saturated carbocycles. The molecule has 2 heteroatoms. The van der Waals surface area contributed by atoms with Gasteiger partial charge in [0.1, 0.15) is 0 Å². The Labute approximate surface area is 125 Å². The van der Waals surface area contributed by atoms with Crippen molar-refractivity contribution in [2.45, 2.75) is 18.9 Å². The van der Waals surface area contributed by atoms with Crippen LogP contribution >= 0.6 is 0 Å². The smallest absolute Gasteiger partial charge is 0.0346 e. The summed E-state index contributed by atoms with van der Waals surface area (Å²) in [5.41, 5.74) is 2.74. The van der Waals surface area contributed by atoms with Crippen LogP contribution in [0.25, 0.3) is 10.8 Å². The van der Waals surface area contributed by atoms with Crippen molar-refractivity contribution in [3.05, 3.63) is 78.1 Å². The molecule has 1 atom stereocenters. The maximum absolute atomic E-state index is 4.21. The summed E-state index contributed by atoms with van der Waals surface area (Å²) < 4.78 is 0. The van der Waals surface area contributed by atoms with Crippen LogP contribution in [0.3, 0.4) is 0 Å². The second kappa shape index (κ2) is 6.51. The Hall–Kier alpha value is -2.19. The van der Waals surface area contributed by atoms with E-state index in [1.165, 1.54) is 21.9 Å². The minimum absolute atomic E-state index is 0.358. The zero-order valence-corrected chi connectivity index (χ0v) is 12.3. The van der Waals surface area contributed by atoms with Gasteiger partial charge in [0.25, 0.3) is 0 Å². The quantitative estimate of drug-likeness (QED) is 0.758. The number of pyridine rings is 1. The number of nitrogens with one attached hydrogen (secondary N) is 1. The van der Waals surface area contributed by atoms with E-state index in [9.17, 15) is 0 Å². The molecule has 1 aromatic heterocycles. The molecule has 0 amide bonds. The van der Waals surface area contributed by atoms with Crippen molar-refractivity contribution < 1.29 is 0 Å². The van der Waals surface area contributed by atoms with Crippen LogP contribution in [-0.4, -0.2) is 12.0 Å². The van der Waals surface area contributed by atoms with Gasteiger partial charge >= 0.3 is 0 Å². The molecule has 0 bridgehead atoms. The van der Waals surface area contributed by atoms with Gasteiger partial charge in [-0.1, -0.05) is 48.5 Å². The summed E-state index contributed by atoms with van der Waals surface area (Å²) in [6, 6.07) is 19.6. The molecular formula is C19H20N2. The summed E-state index contributed by atoms with van der Waals surface area (Å²) in [5, 5.41) is 5.96. The Balaban J connectivity index is 1.85. The molecule has 0 fully saturated rings. The maximum atomic E-state index is 4.21. The van der Waals surface area contributed by atoms with Crippen LogP contribution in [0.4, 0.5) is 0 Å². The van der Waals surface area contributed by atoms with E-state index < -0.39 is 0 Å². The lowest BCUT2D eigenvalue weighted by Crippen LogP contribution is -2.17. The summed E-state index contributed by atoms with van der Waals surface area (Å²) in [6.07, 6.45) is 5.97. The van der Waals surface area contributed by atoms with Crippen LogP contribution in [0.2, 0.25) is 0 Å². The van der Waals surface area contributed by atoms with Crippen LogP contribution in [0.1, 0.15) is 23.6 Å². The highest BCUT2D eigenvalue weighted by atomic mass is 14.9. The first-order valence-electron chi connectivity index (χ1n) is 7.42. The Bertz CT molecular complexity index is 702. The summed E-state index contributed by atoms with van der Waals surface area (Å²) in [6.45, 7) is 0. The molecule has 1 unspecified atom stereocenters. The van der Waals surface area contributed by atoms with Gasteiger partial charge in [-0.3, -0.25) is 4.98 Å². The molecule has 21 heavy (non-hydrogen) atoms. The first-order chi connectivity index (χ1) is 10.4. The van der Waals surface area contributed by atoms with E-state index in [1.54, 1.807) is 0 Å². The molecule has 0 aliphatic rings. The number of rotatable bonds is 5. The number of aryl methyl sites for hydroxylation is 1. The number of hydrogen-bond acceptors (Lipinski definition) is 2. The highest BCUT2D eigenvalue weighted by Crippen LogP contribution is 2.26. The van der Waals surface area contributed by atoms with Gasteiger partial charge in [-0.05, 0) is 42.5 Å². The molecule has 0 aliphatic heterocycles. The lowest BCUT2D eigenvalue weighted by Gasteiger charge is -2.18. The standard InChI is InChI=1S/C19H20N2/c1-20-19(11-10-15-6-3-2-4-7-15)18-9-5-8-16-14-21-13-12-17(16)18/h2-9,12-14,19-20H,10-11H2,1H3. The van der Waals surface area contributed by atoms with E-state index in [1.807, 2.05) is 19.4 Å². The molecule has 2 aromatic carbocycles. The van der Waals surface area contributed by atoms with Crippen LogP contribution in [-0.2, 0) is 6.42 Å². The maximum Gasteiger partial charge on any atom is 0.0346 e.